The van der Waals surface area contributed by atoms with Crippen LogP contribution in [0.2, 0.25) is 0 Å². The average Bonchev–Trinajstić information content (AvgIpc) is 2.75. The Morgan fingerprint density at radius 3 is 2.89 bits per heavy atom. The van der Waals surface area contributed by atoms with E-state index in [9.17, 15) is 4.79 Å². The molecule has 100 valence electrons. The fraction of sp³-hybridized carbons (Fsp3) is 0.727. The number of methoxy groups -OCH3 is 1. The lowest BCUT2D eigenvalue weighted by Crippen LogP contribution is -2.54. The highest BCUT2D eigenvalue weighted by molar-refractivity contribution is 5.84. The van der Waals surface area contributed by atoms with Crippen molar-refractivity contribution in [1.29, 1.82) is 0 Å². The summed E-state index contributed by atoms with van der Waals surface area (Å²) in [4.78, 5) is 13.0. The van der Waals surface area contributed by atoms with Crippen molar-refractivity contribution in [1.82, 2.24) is 19.9 Å². The SMILES string of the molecule is CCC(COC)N1CC(n2cc(C(=O)O)nn2)C1. The van der Waals surface area contributed by atoms with Crippen molar-refractivity contribution in [3.05, 3.63) is 11.9 Å². The number of carboxylic acid groups (broad SMARTS) is 1. The molecule has 1 aromatic heterocycles. The number of nitrogens with zero attached hydrogens (tertiary/aromatic N) is 4. The van der Waals surface area contributed by atoms with Crippen LogP contribution < -0.4 is 0 Å². The Hall–Kier alpha value is -1.47. The number of likely N-dealkylation sites (tertiary alicyclic amines) is 1. The topological polar surface area (TPSA) is 80.5 Å². The minimum atomic E-state index is -1.04. The maximum absolute atomic E-state index is 10.7. The first-order valence-electron chi connectivity index (χ1n) is 6.03. The third kappa shape index (κ3) is 2.51. The Kier molecular flexibility index (Phi) is 3.93. The van der Waals surface area contributed by atoms with Crippen LogP contribution >= 0.6 is 0 Å². The van der Waals surface area contributed by atoms with E-state index in [4.69, 9.17) is 9.84 Å². The Balaban J connectivity index is 1.89. The van der Waals surface area contributed by atoms with Crippen molar-refractivity contribution >= 4 is 5.97 Å². The van der Waals surface area contributed by atoms with E-state index in [1.807, 2.05) is 0 Å². The van der Waals surface area contributed by atoms with E-state index in [0.717, 1.165) is 26.1 Å². The second kappa shape index (κ2) is 5.45. The Bertz CT molecular complexity index is 414. The maximum atomic E-state index is 10.7. The fourth-order valence-electron chi connectivity index (χ4n) is 2.18. The van der Waals surface area contributed by atoms with Crippen molar-refractivity contribution < 1.29 is 14.6 Å². The third-order valence-corrected chi connectivity index (χ3v) is 3.34. The van der Waals surface area contributed by atoms with E-state index >= 15 is 0 Å². The molecule has 1 aromatic rings. The summed E-state index contributed by atoms with van der Waals surface area (Å²) in [6, 6.07) is 0.644. The predicted octanol–water partition coefficient (Wildman–Crippen LogP) is 0.258. The molecule has 0 spiro atoms. The van der Waals surface area contributed by atoms with Gasteiger partial charge in [0.1, 0.15) is 0 Å². The summed E-state index contributed by atoms with van der Waals surface area (Å²) >= 11 is 0. The molecule has 1 unspecified atom stereocenters. The number of aromatic carboxylic acids is 1. The first-order chi connectivity index (χ1) is 8.65. The molecule has 0 saturated carbocycles. The largest absolute Gasteiger partial charge is 0.476 e. The molecule has 0 bridgehead atoms. The van der Waals surface area contributed by atoms with Crippen LogP contribution in [-0.4, -0.2) is 63.8 Å². The molecule has 0 aliphatic carbocycles. The van der Waals surface area contributed by atoms with Crippen LogP contribution in [0.25, 0.3) is 0 Å². The Morgan fingerprint density at radius 2 is 2.39 bits per heavy atom. The van der Waals surface area contributed by atoms with Crippen molar-refractivity contribution in [2.45, 2.75) is 25.4 Å². The second-order valence-corrected chi connectivity index (χ2v) is 4.51. The first-order valence-corrected chi connectivity index (χ1v) is 6.03. The minimum Gasteiger partial charge on any atom is -0.476 e. The van der Waals surface area contributed by atoms with Gasteiger partial charge in [0.15, 0.2) is 5.69 Å². The zero-order valence-electron chi connectivity index (χ0n) is 10.6. The summed E-state index contributed by atoms with van der Waals surface area (Å²) < 4.78 is 6.81. The minimum absolute atomic E-state index is 0.00242. The van der Waals surface area contributed by atoms with E-state index in [1.54, 1.807) is 11.8 Å². The van der Waals surface area contributed by atoms with Crippen molar-refractivity contribution in [2.75, 3.05) is 26.8 Å². The molecular formula is C11H18N4O3. The van der Waals surface area contributed by atoms with Crippen LogP contribution in [0.5, 0.6) is 0 Å². The lowest BCUT2D eigenvalue weighted by molar-refractivity contribution is 0.0110. The third-order valence-electron chi connectivity index (χ3n) is 3.34. The van der Waals surface area contributed by atoms with Gasteiger partial charge >= 0.3 is 5.97 Å². The van der Waals surface area contributed by atoms with Crippen LogP contribution in [-0.2, 0) is 4.74 Å². The molecule has 2 heterocycles. The van der Waals surface area contributed by atoms with Crippen LogP contribution in [0, 0.1) is 0 Å². The molecule has 0 amide bonds. The average molecular weight is 254 g/mol. The highest BCUT2D eigenvalue weighted by Crippen LogP contribution is 2.24. The van der Waals surface area contributed by atoms with Crippen LogP contribution in [0.3, 0.4) is 0 Å². The second-order valence-electron chi connectivity index (χ2n) is 4.51. The summed E-state index contributed by atoms with van der Waals surface area (Å²) in [6.45, 7) is 4.59. The number of carbonyl (C=O) groups is 1. The quantitative estimate of drug-likeness (QED) is 0.784. The maximum Gasteiger partial charge on any atom is 0.358 e. The van der Waals surface area contributed by atoms with Gasteiger partial charge < -0.3 is 9.84 Å². The van der Waals surface area contributed by atoms with Gasteiger partial charge in [0.25, 0.3) is 0 Å². The zero-order valence-corrected chi connectivity index (χ0v) is 10.6. The van der Waals surface area contributed by atoms with Gasteiger partial charge in [0.05, 0.1) is 18.8 Å². The van der Waals surface area contributed by atoms with Crippen LogP contribution in [0.1, 0.15) is 29.9 Å². The standard InChI is InChI=1S/C11H18N4O3/c1-3-8(7-18-2)14-4-9(5-14)15-6-10(11(16)17)12-13-15/h6,8-9H,3-5,7H2,1-2H3,(H,16,17). The Morgan fingerprint density at radius 1 is 1.67 bits per heavy atom. The lowest BCUT2D eigenvalue weighted by atomic mass is 10.0. The number of carboxylic acids is 1. The molecule has 2 rings (SSSR count). The lowest BCUT2D eigenvalue weighted by Gasteiger charge is -2.43. The van der Waals surface area contributed by atoms with Gasteiger partial charge in [0.2, 0.25) is 0 Å². The highest BCUT2D eigenvalue weighted by atomic mass is 16.5. The normalized spacial score (nSPS) is 18.6. The summed E-state index contributed by atoms with van der Waals surface area (Å²) in [5.74, 6) is -1.04. The monoisotopic (exact) mass is 254 g/mol. The van der Waals surface area contributed by atoms with Crippen molar-refractivity contribution in [3.8, 4) is 0 Å². The van der Waals surface area contributed by atoms with E-state index in [2.05, 4.69) is 22.1 Å². The van der Waals surface area contributed by atoms with E-state index < -0.39 is 5.97 Å². The van der Waals surface area contributed by atoms with Gasteiger partial charge in [-0.05, 0) is 6.42 Å². The van der Waals surface area contributed by atoms with E-state index in [-0.39, 0.29) is 11.7 Å². The molecule has 0 aromatic carbocycles. The number of aromatic nitrogens is 3. The molecule has 1 aliphatic rings. The number of ether oxygens (including phenoxy) is 1. The first kappa shape index (κ1) is 13.0. The fourth-order valence-corrected chi connectivity index (χ4v) is 2.18. The molecule has 1 N–H and O–H groups in total. The molecule has 1 atom stereocenters. The van der Waals surface area contributed by atoms with Crippen molar-refractivity contribution in [3.63, 3.8) is 0 Å². The van der Waals surface area contributed by atoms with Gasteiger partial charge in [-0.3, -0.25) is 4.90 Å². The highest BCUT2D eigenvalue weighted by Gasteiger charge is 2.33. The Labute approximate surface area is 105 Å². The number of rotatable bonds is 6. The molecule has 1 saturated heterocycles. The van der Waals surface area contributed by atoms with Gasteiger partial charge in [0, 0.05) is 26.2 Å². The summed E-state index contributed by atoms with van der Waals surface area (Å²) in [5, 5.41) is 16.2. The smallest absolute Gasteiger partial charge is 0.358 e. The van der Waals surface area contributed by atoms with Crippen molar-refractivity contribution in [2.24, 2.45) is 0 Å². The zero-order chi connectivity index (χ0) is 13.1. The summed E-state index contributed by atoms with van der Waals surface area (Å²) in [5.41, 5.74) is -0.00242. The van der Waals surface area contributed by atoms with Crippen LogP contribution in [0.15, 0.2) is 6.20 Å². The predicted molar refractivity (Wildman–Crippen MR) is 63.5 cm³/mol. The summed E-state index contributed by atoms with van der Waals surface area (Å²) in [6.07, 6.45) is 2.53. The number of hydrogen-bond acceptors (Lipinski definition) is 5. The van der Waals surface area contributed by atoms with Gasteiger partial charge in [-0.15, -0.1) is 5.10 Å². The van der Waals surface area contributed by atoms with Gasteiger partial charge in [-0.25, -0.2) is 9.48 Å². The molecule has 1 fully saturated rings. The van der Waals surface area contributed by atoms with E-state index in [0.29, 0.717) is 6.04 Å². The molecule has 18 heavy (non-hydrogen) atoms. The number of hydrogen-bond donors (Lipinski definition) is 1. The molecule has 0 radical (unpaired) electrons. The molecular weight excluding hydrogens is 236 g/mol. The van der Waals surface area contributed by atoms with Crippen LogP contribution in [0.4, 0.5) is 0 Å². The molecule has 7 heteroatoms. The molecule has 1 aliphatic heterocycles. The van der Waals surface area contributed by atoms with Gasteiger partial charge in [-0.1, -0.05) is 12.1 Å². The van der Waals surface area contributed by atoms with Gasteiger partial charge in [-0.2, -0.15) is 0 Å². The molecule has 7 nitrogen and oxygen atoms in total. The summed E-state index contributed by atoms with van der Waals surface area (Å²) in [7, 11) is 1.70. The van der Waals surface area contributed by atoms with E-state index in [1.165, 1.54) is 6.20 Å².